The van der Waals surface area contributed by atoms with Crippen LogP contribution in [0.1, 0.15) is 41.0 Å². The molecule has 2 aromatic carbocycles. The molecule has 4 rings (SSSR count). The molecular weight excluding hydrogens is 440 g/mol. The number of amides is 1. The Kier molecular flexibility index (Phi) is 6.53. The lowest BCUT2D eigenvalue weighted by Crippen LogP contribution is -2.35. The van der Waals surface area contributed by atoms with Gasteiger partial charge >= 0.3 is 0 Å². The van der Waals surface area contributed by atoms with Crippen molar-refractivity contribution in [1.82, 2.24) is 14.1 Å². The van der Waals surface area contributed by atoms with Crippen LogP contribution in [0.2, 0.25) is 0 Å². The van der Waals surface area contributed by atoms with E-state index in [-0.39, 0.29) is 16.6 Å². The maximum atomic E-state index is 13.2. The van der Waals surface area contributed by atoms with Crippen LogP contribution in [0.15, 0.2) is 53.4 Å². The van der Waals surface area contributed by atoms with E-state index in [0.29, 0.717) is 24.3 Å². The van der Waals surface area contributed by atoms with Crippen molar-refractivity contribution in [1.29, 1.82) is 0 Å². The topological polar surface area (TPSA) is 93.5 Å². The van der Waals surface area contributed by atoms with E-state index in [1.165, 1.54) is 17.5 Å². The van der Waals surface area contributed by atoms with Crippen LogP contribution in [-0.4, -0.2) is 48.6 Å². The van der Waals surface area contributed by atoms with Crippen LogP contribution < -0.4 is 10.1 Å². The third-order valence-corrected chi connectivity index (χ3v) is 7.66. The van der Waals surface area contributed by atoms with E-state index in [0.717, 1.165) is 36.3 Å². The minimum absolute atomic E-state index is 0.0598. The first kappa shape index (κ1) is 23.0. The molecule has 33 heavy (non-hydrogen) atoms. The highest BCUT2D eigenvalue weighted by atomic mass is 32.2. The number of piperidine rings is 1. The van der Waals surface area contributed by atoms with Crippen LogP contribution in [0.25, 0.3) is 5.69 Å². The Morgan fingerprint density at radius 3 is 2.30 bits per heavy atom. The highest BCUT2D eigenvalue weighted by Gasteiger charge is 2.29. The van der Waals surface area contributed by atoms with Crippen molar-refractivity contribution >= 4 is 21.6 Å². The zero-order valence-electron chi connectivity index (χ0n) is 19.0. The quantitative estimate of drug-likeness (QED) is 0.592. The third kappa shape index (κ3) is 4.79. The molecule has 1 aliphatic rings. The van der Waals surface area contributed by atoms with E-state index in [1.54, 1.807) is 24.3 Å². The van der Waals surface area contributed by atoms with Crippen LogP contribution in [0.4, 0.5) is 5.69 Å². The monoisotopic (exact) mass is 468 g/mol. The van der Waals surface area contributed by atoms with Gasteiger partial charge in [0.2, 0.25) is 10.0 Å². The number of hydrogen-bond acceptors (Lipinski definition) is 5. The number of aryl methyl sites for hydroxylation is 2. The first-order valence-electron chi connectivity index (χ1n) is 10.9. The summed E-state index contributed by atoms with van der Waals surface area (Å²) < 4.78 is 35.0. The van der Waals surface area contributed by atoms with Crippen molar-refractivity contribution in [2.45, 2.75) is 38.0 Å². The van der Waals surface area contributed by atoms with Gasteiger partial charge < -0.3 is 10.1 Å². The molecule has 8 nitrogen and oxygen atoms in total. The van der Waals surface area contributed by atoms with E-state index < -0.39 is 10.0 Å². The predicted molar refractivity (Wildman–Crippen MR) is 127 cm³/mol. The number of carbonyl (C=O) groups excluding carboxylic acids is 1. The molecular formula is C24H28N4O4S. The smallest absolute Gasteiger partial charge is 0.255 e. The van der Waals surface area contributed by atoms with E-state index in [9.17, 15) is 13.2 Å². The molecule has 9 heteroatoms. The van der Waals surface area contributed by atoms with Crippen molar-refractivity contribution in [2.75, 3.05) is 25.5 Å². The van der Waals surface area contributed by atoms with Gasteiger partial charge in [0.25, 0.3) is 5.91 Å². The maximum absolute atomic E-state index is 13.2. The Hall–Kier alpha value is -3.17. The van der Waals surface area contributed by atoms with Gasteiger partial charge in [-0.15, -0.1) is 0 Å². The van der Waals surface area contributed by atoms with Crippen LogP contribution in [-0.2, 0) is 10.0 Å². The van der Waals surface area contributed by atoms with Gasteiger partial charge in [-0.05, 0) is 75.2 Å². The van der Waals surface area contributed by atoms with E-state index in [1.807, 2.05) is 36.7 Å². The molecule has 1 amide bonds. The fourth-order valence-electron chi connectivity index (χ4n) is 4.05. The average Bonchev–Trinajstić information content (AvgIpc) is 3.17. The maximum Gasteiger partial charge on any atom is 0.255 e. The first-order valence-corrected chi connectivity index (χ1v) is 12.4. The summed E-state index contributed by atoms with van der Waals surface area (Å²) in [5, 5.41) is 7.25. The summed E-state index contributed by atoms with van der Waals surface area (Å²) in [6, 6.07) is 13.7. The van der Waals surface area contributed by atoms with E-state index >= 15 is 0 Å². The van der Waals surface area contributed by atoms with Gasteiger partial charge in [0, 0.05) is 30.0 Å². The molecule has 0 unspecified atom stereocenters. The lowest BCUT2D eigenvalue weighted by molar-refractivity contribution is 0.102. The molecule has 0 atom stereocenters. The summed E-state index contributed by atoms with van der Waals surface area (Å²) in [5.41, 5.74) is 3.63. The summed E-state index contributed by atoms with van der Waals surface area (Å²) in [7, 11) is -2.28. The predicted octanol–water partition coefficient (Wildman–Crippen LogP) is 3.92. The second kappa shape index (κ2) is 9.36. The number of ether oxygens (including phenoxy) is 1. The summed E-state index contributed by atoms with van der Waals surface area (Å²) >= 11 is 0. The Labute approximate surface area is 194 Å². The number of hydrogen-bond donors (Lipinski definition) is 1. The number of aromatic nitrogens is 2. The van der Waals surface area contributed by atoms with Crippen LogP contribution >= 0.6 is 0 Å². The highest BCUT2D eigenvalue weighted by Crippen LogP contribution is 2.31. The fraction of sp³-hybridized carbons (Fsp3) is 0.333. The number of carbonyl (C=O) groups is 1. The number of benzene rings is 2. The van der Waals surface area contributed by atoms with Gasteiger partial charge in [-0.2, -0.15) is 9.40 Å². The zero-order chi connectivity index (χ0) is 23.6. The molecule has 2 heterocycles. The fourth-order valence-corrected chi connectivity index (χ4v) is 5.75. The van der Waals surface area contributed by atoms with Gasteiger partial charge in [-0.25, -0.2) is 13.1 Å². The van der Waals surface area contributed by atoms with Crippen molar-refractivity contribution in [3.05, 3.63) is 65.5 Å². The molecule has 0 saturated carbocycles. The Balaban J connectivity index is 1.56. The number of rotatable bonds is 6. The third-order valence-electron chi connectivity index (χ3n) is 5.74. The van der Waals surface area contributed by atoms with Gasteiger partial charge in [0.05, 0.1) is 18.5 Å². The second-order valence-electron chi connectivity index (χ2n) is 8.17. The van der Waals surface area contributed by atoms with Gasteiger partial charge in [0.15, 0.2) is 0 Å². The van der Waals surface area contributed by atoms with Gasteiger partial charge in [0.1, 0.15) is 10.6 Å². The van der Waals surface area contributed by atoms with E-state index in [2.05, 4.69) is 10.4 Å². The Bertz CT molecular complexity index is 1260. The summed E-state index contributed by atoms with van der Waals surface area (Å²) in [5.74, 6) is -0.0748. The first-order chi connectivity index (χ1) is 15.8. The average molecular weight is 469 g/mol. The molecule has 0 radical (unpaired) electrons. The molecule has 0 spiro atoms. The Morgan fingerprint density at radius 2 is 1.70 bits per heavy atom. The number of nitrogens with one attached hydrogen (secondary N) is 1. The SMILES string of the molecule is COc1ccc(NC(=O)c2ccc(-n3nc(C)cc3C)cc2)cc1S(=O)(=O)N1CCCCC1. The number of sulfonamides is 1. The molecule has 1 saturated heterocycles. The minimum atomic E-state index is -3.72. The van der Waals surface area contributed by atoms with Crippen molar-refractivity contribution in [3.8, 4) is 11.4 Å². The number of anilines is 1. The molecule has 1 aliphatic heterocycles. The zero-order valence-corrected chi connectivity index (χ0v) is 19.9. The van der Waals surface area contributed by atoms with Crippen LogP contribution in [0.3, 0.4) is 0 Å². The van der Waals surface area contributed by atoms with Crippen molar-refractivity contribution in [2.24, 2.45) is 0 Å². The van der Waals surface area contributed by atoms with Gasteiger partial charge in [-0.1, -0.05) is 6.42 Å². The highest BCUT2D eigenvalue weighted by molar-refractivity contribution is 7.89. The summed E-state index contributed by atoms with van der Waals surface area (Å²) in [4.78, 5) is 12.9. The second-order valence-corrected chi connectivity index (χ2v) is 10.1. The molecule has 174 valence electrons. The van der Waals surface area contributed by atoms with Crippen molar-refractivity contribution < 1.29 is 17.9 Å². The molecule has 0 bridgehead atoms. The number of methoxy groups -OCH3 is 1. The van der Waals surface area contributed by atoms with Crippen LogP contribution in [0, 0.1) is 13.8 Å². The van der Waals surface area contributed by atoms with Crippen LogP contribution in [0.5, 0.6) is 5.75 Å². The summed E-state index contributed by atoms with van der Waals surface area (Å²) in [6.45, 7) is 4.88. The van der Waals surface area contributed by atoms with Gasteiger partial charge in [-0.3, -0.25) is 4.79 Å². The molecule has 1 N–H and O–H groups in total. The molecule has 1 aromatic heterocycles. The molecule has 3 aromatic rings. The molecule has 1 fully saturated rings. The normalized spacial score (nSPS) is 14.8. The lowest BCUT2D eigenvalue weighted by atomic mass is 10.2. The summed E-state index contributed by atoms with van der Waals surface area (Å²) in [6.07, 6.45) is 2.70. The largest absolute Gasteiger partial charge is 0.495 e. The lowest BCUT2D eigenvalue weighted by Gasteiger charge is -2.26. The number of nitrogens with zero attached hydrogens (tertiary/aromatic N) is 3. The van der Waals surface area contributed by atoms with E-state index in [4.69, 9.17) is 4.74 Å². The van der Waals surface area contributed by atoms with Crippen molar-refractivity contribution in [3.63, 3.8) is 0 Å². The Morgan fingerprint density at radius 1 is 1.00 bits per heavy atom. The standard InChI is InChI=1S/C24H28N4O4S/c1-17-15-18(2)28(26-17)21-10-7-19(8-11-21)24(29)25-20-9-12-22(32-3)23(16-20)33(30,31)27-13-5-4-6-14-27/h7-12,15-16H,4-6,13-14H2,1-3H3,(H,25,29). The minimum Gasteiger partial charge on any atom is -0.495 e. The molecule has 0 aliphatic carbocycles.